The van der Waals surface area contributed by atoms with Gasteiger partial charge < -0.3 is 19.1 Å². The predicted octanol–water partition coefficient (Wildman–Crippen LogP) is 0.00812. The van der Waals surface area contributed by atoms with Crippen molar-refractivity contribution < 1.29 is 23.8 Å². The van der Waals surface area contributed by atoms with Crippen LogP contribution in [0.4, 0.5) is 0 Å². The van der Waals surface area contributed by atoms with Gasteiger partial charge in [-0.3, -0.25) is 0 Å². The van der Waals surface area contributed by atoms with E-state index in [1.165, 1.54) is 6.07 Å². The number of hydrogen-bond acceptors (Lipinski definition) is 6. The van der Waals surface area contributed by atoms with E-state index in [-0.39, 0.29) is 5.56 Å². The summed E-state index contributed by atoms with van der Waals surface area (Å²) < 4.78 is 9.34. The van der Waals surface area contributed by atoms with Crippen molar-refractivity contribution in [2.45, 2.75) is 6.92 Å². The molecule has 0 bridgehead atoms. The number of rotatable bonds is 3. The summed E-state index contributed by atoms with van der Waals surface area (Å²) in [6.07, 6.45) is 0. The fourth-order valence-corrected chi connectivity index (χ4v) is 1.59. The van der Waals surface area contributed by atoms with Gasteiger partial charge in [-0.15, -0.1) is 0 Å². The normalized spacial score (nSPS) is 10.4. The molecule has 0 aliphatic heterocycles. The molecular weight excluding hydrogens is 252 g/mol. The van der Waals surface area contributed by atoms with Crippen molar-refractivity contribution in [1.82, 2.24) is 0 Å². The van der Waals surface area contributed by atoms with Gasteiger partial charge in [-0.2, -0.15) is 0 Å². The Morgan fingerprint density at radius 2 is 2.05 bits per heavy atom. The first-order valence-corrected chi connectivity index (χ1v) is 5.39. The highest BCUT2D eigenvalue weighted by molar-refractivity contribution is 5.93. The Morgan fingerprint density at radius 1 is 1.32 bits per heavy atom. The number of carboxylic acids is 1. The van der Waals surface area contributed by atoms with Crippen molar-refractivity contribution in [3.05, 3.63) is 45.8 Å². The molecule has 1 heterocycles. The molecule has 0 N–H and O–H groups in total. The molecule has 19 heavy (non-hydrogen) atoms. The Hall–Kier alpha value is -2.63. The van der Waals surface area contributed by atoms with Crippen LogP contribution in [0.15, 0.2) is 33.5 Å². The Morgan fingerprint density at radius 3 is 2.74 bits per heavy atom. The lowest BCUT2D eigenvalue weighted by Crippen LogP contribution is -2.29. The molecule has 0 amide bonds. The van der Waals surface area contributed by atoms with Gasteiger partial charge in [-0.25, -0.2) is 9.59 Å². The number of esters is 1. The predicted molar refractivity (Wildman–Crippen MR) is 62.5 cm³/mol. The summed E-state index contributed by atoms with van der Waals surface area (Å²) >= 11 is 0. The van der Waals surface area contributed by atoms with E-state index in [1.54, 1.807) is 18.2 Å². The average molecular weight is 261 g/mol. The molecular formula is C13H9O6-. The molecule has 2 rings (SSSR count). The van der Waals surface area contributed by atoms with Crippen LogP contribution in [0.25, 0.3) is 11.0 Å². The molecule has 0 radical (unpaired) electrons. The quantitative estimate of drug-likeness (QED) is 0.570. The third-order valence-electron chi connectivity index (χ3n) is 2.43. The lowest BCUT2D eigenvalue weighted by atomic mass is 10.1. The molecule has 0 aliphatic rings. The Balaban J connectivity index is 2.43. The first kappa shape index (κ1) is 12.8. The number of fused-ring (bicyclic) bond motifs is 1. The van der Waals surface area contributed by atoms with Gasteiger partial charge in [-0.1, -0.05) is 11.6 Å². The van der Waals surface area contributed by atoms with Crippen molar-refractivity contribution in [1.29, 1.82) is 0 Å². The minimum atomic E-state index is -1.55. The second-order valence-electron chi connectivity index (χ2n) is 3.94. The number of hydrogen-bond donors (Lipinski definition) is 0. The lowest BCUT2D eigenvalue weighted by Gasteiger charge is -2.05. The van der Waals surface area contributed by atoms with Gasteiger partial charge in [0.25, 0.3) is 0 Å². The van der Waals surface area contributed by atoms with E-state index in [0.29, 0.717) is 11.0 Å². The zero-order chi connectivity index (χ0) is 14.0. The number of carbonyl (C=O) groups excluding carboxylic acids is 2. The van der Waals surface area contributed by atoms with Crippen LogP contribution in [0, 0.1) is 6.92 Å². The maximum Gasteiger partial charge on any atom is 0.351 e. The fraction of sp³-hybridized carbons (Fsp3) is 0.154. The molecule has 6 nitrogen and oxygen atoms in total. The smallest absolute Gasteiger partial charge is 0.351 e. The first-order chi connectivity index (χ1) is 8.97. The zero-order valence-corrected chi connectivity index (χ0v) is 9.97. The van der Waals surface area contributed by atoms with Crippen LogP contribution in [-0.2, 0) is 9.53 Å². The second-order valence-corrected chi connectivity index (χ2v) is 3.94. The van der Waals surface area contributed by atoms with Gasteiger partial charge in [0.2, 0.25) is 0 Å². The number of carbonyl (C=O) groups is 2. The Labute approximate surface area is 107 Å². The van der Waals surface area contributed by atoms with Gasteiger partial charge in [0, 0.05) is 5.39 Å². The molecule has 0 unspecified atom stereocenters. The topological polar surface area (TPSA) is 96.6 Å². The standard InChI is InChI=1S/C13H10O6/c1-7-2-3-10-8(4-7)5-9(13(17)19-10)12(16)18-6-11(14)15/h2-5H,6H2,1H3,(H,14,15)/p-1. The number of benzene rings is 1. The molecule has 0 saturated heterocycles. The van der Waals surface area contributed by atoms with E-state index in [4.69, 9.17) is 4.42 Å². The number of carboxylic acid groups (broad SMARTS) is 1. The monoisotopic (exact) mass is 261 g/mol. The van der Waals surface area contributed by atoms with Crippen LogP contribution >= 0.6 is 0 Å². The Bertz CT molecular complexity index is 713. The second kappa shape index (κ2) is 4.93. The van der Waals surface area contributed by atoms with E-state index < -0.39 is 24.2 Å². The summed E-state index contributed by atoms with van der Waals surface area (Å²) in [6.45, 7) is 0.933. The van der Waals surface area contributed by atoms with Crippen molar-refractivity contribution in [3.8, 4) is 0 Å². The molecule has 0 spiro atoms. The van der Waals surface area contributed by atoms with E-state index >= 15 is 0 Å². The fourth-order valence-electron chi connectivity index (χ4n) is 1.59. The van der Waals surface area contributed by atoms with E-state index in [1.807, 2.05) is 6.92 Å². The molecule has 0 saturated carbocycles. The summed E-state index contributed by atoms with van der Waals surface area (Å²) in [6, 6.07) is 6.42. The van der Waals surface area contributed by atoms with Crippen molar-refractivity contribution >= 4 is 22.9 Å². The van der Waals surface area contributed by atoms with Gasteiger partial charge in [0.15, 0.2) is 0 Å². The first-order valence-electron chi connectivity index (χ1n) is 5.39. The molecule has 1 aromatic carbocycles. The third kappa shape index (κ3) is 2.79. The molecule has 0 aliphatic carbocycles. The summed E-state index contributed by atoms with van der Waals surface area (Å²) in [5, 5.41) is 10.7. The van der Waals surface area contributed by atoms with Crippen molar-refractivity contribution in [3.63, 3.8) is 0 Å². The van der Waals surface area contributed by atoms with Crippen LogP contribution in [0.1, 0.15) is 15.9 Å². The van der Waals surface area contributed by atoms with Crippen LogP contribution in [0.5, 0.6) is 0 Å². The van der Waals surface area contributed by atoms with E-state index in [0.717, 1.165) is 5.56 Å². The lowest BCUT2D eigenvalue weighted by molar-refractivity contribution is -0.308. The molecule has 0 atom stereocenters. The van der Waals surface area contributed by atoms with Crippen molar-refractivity contribution in [2.24, 2.45) is 0 Å². The molecule has 1 aromatic heterocycles. The summed E-state index contributed by atoms with van der Waals surface area (Å²) in [5.41, 5.74) is 0.0431. The SMILES string of the molecule is Cc1ccc2oc(=O)c(C(=O)OCC(=O)[O-])cc2c1. The largest absolute Gasteiger partial charge is 0.546 e. The summed E-state index contributed by atoms with van der Waals surface area (Å²) in [5.74, 6) is -2.60. The highest BCUT2D eigenvalue weighted by atomic mass is 16.6. The van der Waals surface area contributed by atoms with E-state index in [2.05, 4.69) is 4.74 Å². The minimum Gasteiger partial charge on any atom is -0.546 e. The number of aliphatic carboxylic acids is 1. The highest BCUT2D eigenvalue weighted by Crippen LogP contribution is 2.15. The van der Waals surface area contributed by atoms with Gasteiger partial charge in [-0.05, 0) is 25.1 Å². The average Bonchev–Trinajstić information content (AvgIpc) is 2.35. The molecule has 0 fully saturated rings. The van der Waals surface area contributed by atoms with Gasteiger partial charge >= 0.3 is 11.6 Å². The number of ether oxygens (including phenoxy) is 1. The molecule has 2 aromatic rings. The van der Waals surface area contributed by atoms with Crippen LogP contribution in [-0.4, -0.2) is 18.5 Å². The van der Waals surface area contributed by atoms with Gasteiger partial charge in [0.1, 0.15) is 17.8 Å². The molecule has 98 valence electrons. The molecule has 6 heteroatoms. The zero-order valence-electron chi connectivity index (χ0n) is 9.97. The highest BCUT2D eigenvalue weighted by Gasteiger charge is 2.15. The third-order valence-corrected chi connectivity index (χ3v) is 2.43. The summed E-state index contributed by atoms with van der Waals surface area (Å²) in [4.78, 5) is 33.3. The maximum absolute atomic E-state index is 11.6. The Kier molecular flexibility index (Phi) is 3.33. The maximum atomic E-state index is 11.6. The van der Waals surface area contributed by atoms with Crippen LogP contribution < -0.4 is 10.7 Å². The number of aryl methyl sites for hydroxylation is 1. The van der Waals surface area contributed by atoms with E-state index in [9.17, 15) is 19.5 Å². The van der Waals surface area contributed by atoms with Gasteiger partial charge in [0.05, 0.1) is 5.97 Å². The van der Waals surface area contributed by atoms with Crippen LogP contribution in [0.3, 0.4) is 0 Å². The van der Waals surface area contributed by atoms with Crippen LogP contribution in [0.2, 0.25) is 0 Å². The summed E-state index contributed by atoms with van der Waals surface area (Å²) in [7, 11) is 0. The minimum absolute atomic E-state index is 0.340. The van der Waals surface area contributed by atoms with Crippen molar-refractivity contribution in [2.75, 3.05) is 6.61 Å².